The van der Waals surface area contributed by atoms with Crippen LogP contribution in [0.1, 0.15) is 28.4 Å². The first kappa shape index (κ1) is 15.5. The Balaban J connectivity index is 1.54. The van der Waals surface area contributed by atoms with Crippen LogP contribution in [0.2, 0.25) is 0 Å². The van der Waals surface area contributed by atoms with Gasteiger partial charge in [0.1, 0.15) is 5.82 Å². The van der Waals surface area contributed by atoms with Gasteiger partial charge in [-0.15, -0.1) is 10.2 Å². The fraction of sp³-hybridized carbons (Fsp3) is 0.353. The molecule has 0 saturated carbocycles. The zero-order valence-electron chi connectivity index (χ0n) is 14.3. The molecule has 0 bridgehead atoms. The van der Waals surface area contributed by atoms with E-state index in [-0.39, 0.29) is 5.91 Å². The molecule has 1 aliphatic heterocycles. The van der Waals surface area contributed by atoms with E-state index >= 15 is 0 Å². The van der Waals surface area contributed by atoms with E-state index in [4.69, 9.17) is 0 Å². The highest BCUT2D eigenvalue weighted by Gasteiger charge is 2.21. The summed E-state index contributed by atoms with van der Waals surface area (Å²) in [5.41, 5.74) is 2.35. The molecule has 0 aliphatic carbocycles. The maximum Gasteiger partial charge on any atom is 0.255 e. The molecule has 0 spiro atoms. The summed E-state index contributed by atoms with van der Waals surface area (Å²) in [4.78, 5) is 18.6. The second-order valence-electron chi connectivity index (χ2n) is 6.31. The Hall–Kier alpha value is -3.03. The highest BCUT2D eigenvalue weighted by atomic mass is 16.2. The topological polar surface area (TPSA) is 81.7 Å². The second-order valence-corrected chi connectivity index (χ2v) is 6.31. The minimum atomic E-state index is -0.0893. The van der Waals surface area contributed by atoms with Gasteiger partial charge < -0.3 is 9.47 Å². The molecule has 0 atom stereocenters. The lowest BCUT2D eigenvalue weighted by Gasteiger charge is -2.17. The molecule has 0 aromatic carbocycles. The predicted octanol–water partition coefficient (Wildman–Crippen LogP) is 1.29. The van der Waals surface area contributed by atoms with Gasteiger partial charge in [-0.05, 0) is 12.5 Å². The minimum absolute atomic E-state index is 0.0893. The number of amides is 1. The lowest BCUT2D eigenvalue weighted by Crippen LogP contribution is -2.27. The summed E-state index contributed by atoms with van der Waals surface area (Å²) in [6.45, 7) is 1.36. The number of carbonyl (C=O) groups is 1. The van der Waals surface area contributed by atoms with Crippen molar-refractivity contribution in [3.63, 3.8) is 0 Å². The van der Waals surface area contributed by atoms with E-state index in [0.29, 0.717) is 12.1 Å². The number of hydrogen-bond donors (Lipinski definition) is 0. The molecule has 0 saturated heterocycles. The first-order valence-electron chi connectivity index (χ1n) is 8.22. The van der Waals surface area contributed by atoms with Crippen molar-refractivity contribution >= 4 is 5.91 Å². The number of pyridine rings is 1. The fourth-order valence-corrected chi connectivity index (χ4v) is 3.12. The normalized spacial score (nSPS) is 13.0. The van der Waals surface area contributed by atoms with Crippen LogP contribution < -0.4 is 0 Å². The Morgan fingerprint density at radius 2 is 2.12 bits per heavy atom. The molecule has 0 N–H and O–H groups in total. The monoisotopic (exact) mass is 337 g/mol. The largest absolute Gasteiger partial charge is 0.334 e. The van der Waals surface area contributed by atoms with Crippen LogP contribution in [0.5, 0.6) is 0 Å². The van der Waals surface area contributed by atoms with Crippen molar-refractivity contribution in [1.29, 1.82) is 0 Å². The Morgan fingerprint density at radius 3 is 2.92 bits per heavy atom. The van der Waals surface area contributed by atoms with Crippen molar-refractivity contribution in [3.05, 3.63) is 48.1 Å². The third-order valence-corrected chi connectivity index (χ3v) is 4.43. The third-order valence-electron chi connectivity index (χ3n) is 4.43. The van der Waals surface area contributed by atoms with Crippen molar-refractivity contribution in [3.8, 4) is 11.1 Å². The van der Waals surface area contributed by atoms with Gasteiger partial charge >= 0.3 is 0 Å². The van der Waals surface area contributed by atoms with Crippen LogP contribution in [0.4, 0.5) is 0 Å². The van der Waals surface area contributed by atoms with Crippen LogP contribution in [0.25, 0.3) is 11.1 Å². The molecule has 8 heteroatoms. The van der Waals surface area contributed by atoms with Gasteiger partial charge in [-0.2, -0.15) is 5.10 Å². The van der Waals surface area contributed by atoms with Gasteiger partial charge in [0.25, 0.3) is 5.91 Å². The quantitative estimate of drug-likeness (QED) is 0.716. The zero-order chi connectivity index (χ0) is 17.4. The molecule has 8 nitrogen and oxygen atoms in total. The van der Waals surface area contributed by atoms with Gasteiger partial charge in [-0.25, -0.2) is 0 Å². The Kier molecular flexibility index (Phi) is 3.79. The molecule has 3 aromatic rings. The molecule has 0 radical (unpaired) electrons. The zero-order valence-corrected chi connectivity index (χ0v) is 14.3. The first-order chi connectivity index (χ1) is 12.1. The number of hydrogen-bond acceptors (Lipinski definition) is 5. The van der Waals surface area contributed by atoms with Gasteiger partial charge in [0.2, 0.25) is 0 Å². The minimum Gasteiger partial charge on any atom is -0.334 e. The average Bonchev–Trinajstić information content (AvgIpc) is 3.33. The highest BCUT2D eigenvalue weighted by molar-refractivity contribution is 5.94. The Labute approximate surface area is 145 Å². The molecular formula is C17H19N7O. The predicted molar refractivity (Wildman–Crippen MR) is 90.6 cm³/mol. The molecule has 4 heterocycles. The summed E-state index contributed by atoms with van der Waals surface area (Å²) in [5, 5.41) is 12.6. The van der Waals surface area contributed by atoms with Gasteiger partial charge in [-0.1, -0.05) is 0 Å². The van der Waals surface area contributed by atoms with E-state index in [1.54, 1.807) is 35.2 Å². The lowest BCUT2D eigenvalue weighted by molar-refractivity contribution is 0.0779. The van der Waals surface area contributed by atoms with Crippen LogP contribution in [0, 0.1) is 0 Å². The summed E-state index contributed by atoms with van der Waals surface area (Å²) >= 11 is 0. The van der Waals surface area contributed by atoms with Gasteiger partial charge in [0.05, 0.1) is 18.3 Å². The van der Waals surface area contributed by atoms with Crippen LogP contribution in [0.3, 0.4) is 0 Å². The summed E-state index contributed by atoms with van der Waals surface area (Å²) < 4.78 is 3.83. The van der Waals surface area contributed by atoms with Crippen molar-refractivity contribution in [1.82, 2.24) is 34.4 Å². The molecular weight excluding hydrogens is 318 g/mol. The van der Waals surface area contributed by atoms with E-state index in [2.05, 4.69) is 24.8 Å². The summed E-state index contributed by atoms with van der Waals surface area (Å²) in [7, 11) is 3.63. The number of rotatable bonds is 4. The average molecular weight is 337 g/mol. The molecule has 1 aliphatic rings. The SMILES string of the molecule is CN(Cc1nnc2n1CCC2)C(=O)c1cncc(-c2cnn(C)c2)c1. The van der Waals surface area contributed by atoms with Crippen molar-refractivity contribution in [2.75, 3.05) is 7.05 Å². The van der Waals surface area contributed by atoms with E-state index in [1.165, 1.54) is 0 Å². The van der Waals surface area contributed by atoms with Gasteiger partial charge in [0.15, 0.2) is 5.82 Å². The molecule has 25 heavy (non-hydrogen) atoms. The molecule has 0 unspecified atom stereocenters. The lowest BCUT2D eigenvalue weighted by atomic mass is 10.1. The van der Waals surface area contributed by atoms with E-state index in [0.717, 1.165) is 42.2 Å². The number of aryl methyl sites for hydroxylation is 2. The first-order valence-corrected chi connectivity index (χ1v) is 8.22. The molecule has 4 rings (SSSR count). The molecule has 128 valence electrons. The van der Waals surface area contributed by atoms with Gasteiger partial charge in [-0.3, -0.25) is 14.5 Å². The van der Waals surface area contributed by atoms with Crippen LogP contribution in [-0.4, -0.2) is 47.4 Å². The molecule has 3 aromatic heterocycles. The highest BCUT2D eigenvalue weighted by Crippen LogP contribution is 2.20. The molecule has 0 fully saturated rings. The summed E-state index contributed by atoms with van der Waals surface area (Å²) in [5.74, 6) is 1.75. The maximum absolute atomic E-state index is 12.8. The van der Waals surface area contributed by atoms with E-state index in [9.17, 15) is 4.79 Å². The van der Waals surface area contributed by atoms with Gasteiger partial charge in [0, 0.05) is 56.8 Å². The Bertz CT molecular complexity index is 927. The number of carbonyl (C=O) groups excluding carboxylic acids is 1. The number of fused-ring (bicyclic) bond motifs is 1. The number of nitrogens with zero attached hydrogens (tertiary/aromatic N) is 7. The van der Waals surface area contributed by atoms with Crippen molar-refractivity contribution < 1.29 is 4.79 Å². The molecule has 1 amide bonds. The Morgan fingerprint density at radius 1 is 1.24 bits per heavy atom. The van der Waals surface area contributed by atoms with Crippen LogP contribution in [0.15, 0.2) is 30.9 Å². The maximum atomic E-state index is 12.8. The van der Waals surface area contributed by atoms with Crippen LogP contribution >= 0.6 is 0 Å². The number of aromatic nitrogens is 6. The van der Waals surface area contributed by atoms with Crippen LogP contribution in [-0.2, 0) is 26.6 Å². The summed E-state index contributed by atoms with van der Waals surface area (Å²) in [6, 6.07) is 1.84. The van der Waals surface area contributed by atoms with E-state index < -0.39 is 0 Å². The van der Waals surface area contributed by atoms with Crippen molar-refractivity contribution in [2.45, 2.75) is 25.9 Å². The van der Waals surface area contributed by atoms with Crippen molar-refractivity contribution in [2.24, 2.45) is 7.05 Å². The smallest absolute Gasteiger partial charge is 0.255 e. The third kappa shape index (κ3) is 2.90. The standard InChI is InChI=1S/C17H19N7O/c1-22(11-16-21-20-15-4-3-5-24(15)16)17(25)13-6-12(7-18-8-13)14-9-19-23(2)10-14/h6-10H,3-5,11H2,1-2H3. The van der Waals surface area contributed by atoms with E-state index in [1.807, 2.05) is 19.3 Å². The fourth-order valence-electron chi connectivity index (χ4n) is 3.12. The second kappa shape index (κ2) is 6.12. The summed E-state index contributed by atoms with van der Waals surface area (Å²) in [6.07, 6.45) is 9.03.